The molecule has 0 spiro atoms. The highest BCUT2D eigenvalue weighted by atomic mass is 32.2. The molecule has 0 aromatic rings. The molecule has 5 nitrogen and oxygen atoms in total. The van der Waals surface area contributed by atoms with Gasteiger partial charge in [0, 0.05) is 5.92 Å². The fourth-order valence-corrected chi connectivity index (χ4v) is 2.09. The molecule has 1 saturated heterocycles. The molecule has 1 heterocycles. The first-order valence-corrected chi connectivity index (χ1v) is 6.32. The molecule has 14 heavy (non-hydrogen) atoms. The average Bonchev–Trinajstić information content (AvgIpc) is 1.96. The van der Waals surface area contributed by atoms with Gasteiger partial charge in [0.1, 0.15) is 0 Å². The minimum absolute atomic E-state index is 0.166. The van der Waals surface area contributed by atoms with Crippen LogP contribution >= 0.6 is 0 Å². The molecule has 0 N–H and O–H groups in total. The molecule has 82 valence electrons. The molecule has 1 amide bonds. The Kier molecular flexibility index (Phi) is 3.16. The van der Waals surface area contributed by atoms with Gasteiger partial charge in [-0.2, -0.15) is 8.42 Å². The van der Waals surface area contributed by atoms with E-state index in [4.69, 9.17) is 0 Å². The monoisotopic (exact) mass is 221 g/mol. The van der Waals surface area contributed by atoms with Gasteiger partial charge in [0.2, 0.25) is 5.91 Å². The van der Waals surface area contributed by atoms with E-state index in [1.54, 1.807) is 6.92 Å². The van der Waals surface area contributed by atoms with Crippen LogP contribution in [-0.4, -0.2) is 32.2 Å². The molecule has 0 bridgehead atoms. The Labute approximate surface area is 84.1 Å². The van der Waals surface area contributed by atoms with E-state index >= 15 is 0 Å². The van der Waals surface area contributed by atoms with E-state index in [2.05, 4.69) is 4.28 Å². The molecule has 0 radical (unpaired) electrons. The summed E-state index contributed by atoms with van der Waals surface area (Å²) < 4.78 is 26.3. The fraction of sp³-hybridized carbons (Fsp3) is 0.875. The summed E-state index contributed by atoms with van der Waals surface area (Å²) in [4.78, 5) is 11.5. The van der Waals surface area contributed by atoms with Crippen molar-refractivity contribution in [2.24, 2.45) is 11.8 Å². The van der Waals surface area contributed by atoms with Crippen molar-refractivity contribution in [1.82, 2.24) is 5.06 Å². The lowest BCUT2D eigenvalue weighted by Crippen LogP contribution is -2.44. The largest absolute Gasteiger partial charge is 0.285 e. The van der Waals surface area contributed by atoms with Crippen LogP contribution in [0.1, 0.15) is 20.3 Å². The second kappa shape index (κ2) is 3.86. The van der Waals surface area contributed by atoms with Crippen molar-refractivity contribution in [3.8, 4) is 0 Å². The molecule has 0 saturated carbocycles. The van der Waals surface area contributed by atoms with Gasteiger partial charge in [0.25, 0.3) is 10.1 Å². The third-order valence-electron chi connectivity index (χ3n) is 2.13. The van der Waals surface area contributed by atoms with Crippen molar-refractivity contribution in [3.63, 3.8) is 0 Å². The first-order chi connectivity index (χ1) is 6.29. The van der Waals surface area contributed by atoms with E-state index in [9.17, 15) is 13.2 Å². The molecule has 1 fully saturated rings. The van der Waals surface area contributed by atoms with Crippen molar-refractivity contribution in [3.05, 3.63) is 0 Å². The highest BCUT2D eigenvalue weighted by molar-refractivity contribution is 7.85. The van der Waals surface area contributed by atoms with Crippen molar-refractivity contribution in [2.45, 2.75) is 20.3 Å². The zero-order chi connectivity index (χ0) is 10.9. The van der Waals surface area contributed by atoms with Crippen LogP contribution in [0, 0.1) is 11.8 Å². The van der Waals surface area contributed by atoms with E-state index < -0.39 is 10.1 Å². The minimum atomic E-state index is -3.60. The number of hydrogen-bond acceptors (Lipinski definition) is 4. The van der Waals surface area contributed by atoms with Crippen molar-refractivity contribution < 1.29 is 17.5 Å². The number of nitrogens with zero attached hydrogens (tertiary/aromatic N) is 1. The van der Waals surface area contributed by atoms with E-state index in [0.29, 0.717) is 6.54 Å². The number of carbonyl (C=O) groups excluding carboxylic acids is 1. The Bertz CT molecular complexity index is 324. The van der Waals surface area contributed by atoms with Gasteiger partial charge in [0.15, 0.2) is 0 Å². The second-order valence-electron chi connectivity index (χ2n) is 3.92. The van der Waals surface area contributed by atoms with Crippen LogP contribution < -0.4 is 0 Å². The van der Waals surface area contributed by atoms with Crippen LogP contribution in [-0.2, 0) is 19.2 Å². The van der Waals surface area contributed by atoms with E-state index in [-0.39, 0.29) is 17.7 Å². The standard InChI is InChI=1S/C8H15NO4S/c1-6-4-7(2)8(10)9(5-6)13-14(3,11)12/h6-7H,4-5H2,1-3H3/t6-,7-/m1/s1. The maximum atomic E-state index is 11.5. The van der Waals surface area contributed by atoms with Gasteiger partial charge in [0.05, 0.1) is 12.8 Å². The van der Waals surface area contributed by atoms with Crippen molar-refractivity contribution >= 4 is 16.0 Å². The summed E-state index contributed by atoms with van der Waals surface area (Å²) >= 11 is 0. The summed E-state index contributed by atoms with van der Waals surface area (Å²) in [6.45, 7) is 4.08. The lowest BCUT2D eigenvalue weighted by Gasteiger charge is -2.32. The van der Waals surface area contributed by atoms with Gasteiger partial charge < -0.3 is 0 Å². The van der Waals surface area contributed by atoms with E-state index in [1.807, 2.05) is 6.92 Å². The first-order valence-electron chi connectivity index (χ1n) is 4.50. The lowest BCUT2D eigenvalue weighted by molar-refractivity contribution is -0.169. The quantitative estimate of drug-likeness (QED) is 0.676. The summed E-state index contributed by atoms with van der Waals surface area (Å²) in [5, 5.41) is 0.953. The maximum absolute atomic E-state index is 11.5. The summed E-state index contributed by atoms with van der Waals surface area (Å²) in [6.07, 6.45) is 1.71. The van der Waals surface area contributed by atoms with Crippen LogP contribution in [0.4, 0.5) is 0 Å². The van der Waals surface area contributed by atoms with Crippen LogP contribution in [0.5, 0.6) is 0 Å². The van der Waals surface area contributed by atoms with Gasteiger partial charge in [-0.1, -0.05) is 13.8 Å². The van der Waals surface area contributed by atoms with Gasteiger partial charge in [-0.25, -0.2) is 5.06 Å². The second-order valence-corrected chi connectivity index (χ2v) is 5.48. The molecule has 1 aliphatic rings. The zero-order valence-corrected chi connectivity index (χ0v) is 9.37. The third kappa shape index (κ3) is 2.95. The number of piperidine rings is 1. The third-order valence-corrected chi connectivity index (χ3v) is 2.58. The Hall–Kier alpha value is -0.620. The molecule has 0 aromatic carbocycles. The Balaban J connectivity index is 2.72. The number of rotatable bonds is 2. The molecular formula is C8H15NO4S. The summed E-state index contributed by atoms with van der Waals surface area (Å²) in [5.41, 5.74) is 0. The fourth-order valence-electron chi connectivity index (χ4n) is 1.63. The number of carbonyl (C=O) groups is 1. The molecule has 2 atom stereocenters. The molecule has 0 aliphatic carbocycles. The van der Waals surface area contributed by atoms with Crippen LogP contribution in [0.25, 0.3) is 0 Å². The SMILES string of the molecule is C[C@@H]1C[C@@H](C)C(=O)N(OS(C)(=O)=O)C1. The Morgan fingerprint density at radius 2 is 2.00 bits per heavy atom. The Morgan fingerprint density at radius 3 is 2.50 bits per heavy atom. The number of amides is 1. The molecule has 0 aromatic heterocycles. The van der Waals surface area contributed by atoms with Crippen LogP contribution in [0.3, 0.4) is 0 Å². The molecule has 1 rings (SSSR count). The maximum Gasteiger partial charge on any atom is 0.285 e. The molecular weight excluding hydrogens is 206 g/mol. The van der Waals surface area contributed by atoms with Gasteiger partial charge in [-0.15, -0.1) is 4.28 Å². The molecule has 0 unspecified atom stereocenters. The Morgan fingerprint density at radius 1 is 1.43 bits per heavy atom. The lowest BCUT2D eigenvalue weighted by atomic mass is 9.92. The van der Waals surface area contributed by atoms with Crippen molar-refractivity contribution in [2.75, 3.05) is 12.8 Å². The highest BCUT2D eigenvalue weighted by Crippen LogP contribution is 2.22. The smallest absolute Gasteiger partial charge is 0.272 e. The number of hydrogen-bond donors (Lipinski definition) is 0. The van der Waals surface area contributed by atoms with Crippen LogP contribution in [0.15, 0.2) is 0 Å². The minimum Gasteiger partial charge on any atom is -0.272 e. The number of hydroxylamine groups is 2. The highest BCUT2D eigenvalue weighted by Gasteiger charge is 2.32. The van der Waals surface area contributed by atoms with Gasteiger partial charge in [-0.05, 0) is 12.3 Å². The predicted octanol–water partition coefficient (Wildman–Crippen LogP) is 0.382. The van der Waals surface area contributed by atoms with Crippen LogP contribution in [0.2, 0.25) is 0 Å². The normalized spacial score (nSPS) is 29.4. The van der Waals surface area contributed by atoms with Crippen molar-refractivity contribution in [1.29, 1.82) is 0 Å². The topological polar surface area (TPSA) is 63.7 Å². The van der Waals surface area contributed by atoms with E-state index in [0.717, 1.165) is 17.7 Å². The molecule has 6 heteroatoms. The van der Waals surface area contributed by atoms with Gasteiger partial charge in [-0.3, -0.25) is 4.79 Å². The zero-order valence-electron chi connectivity index (χ0n) is 8.56. The summed E-state index contributed by atoms with van der Waals surface area (Å²) in [5.74, 6) is -0.154. The van der Waals surface area contributed by atoms with Gasteiger partial charge >= 0.3 is 0 Å². The summed E-state index contributed by atoms with van der Waals surface area (Å²) in [6, 6.07) is 0. The first kappa shape index (κ1) is 11.5. The predicted molar refractivity (Wildman–Crippen MR) is 50.6 cm³/mol. The molecule has 1 aliphatic heterocycles. The van der Waals surface area contributed by atoms with E-state index in [1.165, 1.54) is 0 Å². The average molecular weight is 221 g/mol. The summed E-state index contributed by atoms with van der Waals surface area (Å²) in [7, 11) is -3.60.